The molecule has 0 bridgehead atoms. The number of halogens is 1. The van der Waals surface area contributed by atoms with Crippen molar-refractivity contribution in [1.29, 1.82) is 0 Å². The number of para-hydroxylation sites is 1. The number of amides is 1. The van der Waals surface area contributed by atoms with Crippen molar-refractivity contribution in [2.45, 2.75) is 26.3 Å². The number of benzene rings is 1. The first-order valence-electron chi connectivity index (χ1n) is 4.98. The highest BCUT2D eigenvalue weighted by molar-refractivity contribution is 6.33. The molecule has 0 spiro atoms. The van der Waals surface area contributed by atoms with E-state index in [1.807, 2.05) is 0 Å². The van der Waals surface area contributed by atoms with Gasteiger partial charge in [0.25, 0.3) is 5.91 Å². The van der Waals surface area contributed by atoms with E-state index >= 15 is 0 Å². The van der Waals surface area contributed by atoms with Gasteiger partial charge in [0.05, 0.1) is 4.92 Å². The third-order valence-electron chi connectivity index (χ3n) is 1.90. The number of hydrogen-bond donors (Lipinski definition) is 1. The molecule has 17 heavy (non-hydrogen) atoms. The van der Waals surface area contributed by atoms with Crippen molar-refractivity contribution in [3.05, 3.63) is 38.9 Å². The predicted octanol–water partition coefficient (Wildman–Crippen LogP) is 2.78. The molecule has 5 nitrogen and oxygen atoms in total. The molecule has 0 fully saturated rings. The lowest BCUT2D eigenvalue weighted by atomic mass is 10.1. The number of rotatable bonds is 2. The van der Waals surface area contributed by atoms with Gasteiger partial charge in [0.15, 0.2) is 0 Å². The normalized spacial score (nSPS) is 11.1. The Bertz CT molecular complexity index is 466. The van der Waals surface area contributed by atoms with Crippen LogP contribution >= 0.6 is 11.6 Å². The van der Waals surface area contributed by atoms with Gasteiger partial charge in [0.1, 0.15) is 10.6 Å². The maximum atomic E-state index is 11.9. The first-order chi connectivity index (χ1) is 7.72. The van der Waals surface area contributed by atoms with Crippen molar-refractivity contribution < 1.29 is 9.72 Å². The van der Waals surface area contributed by atoms with E-state index in [-0.39, 0.29) is 16.3 Å². The van der Waals surface area contributed by atoms with Crippen LogP contribution in [0, 0.1) is 10.1 Å². The molecule has 0 aliphatic heterocycles. The first kappa shape index (κ1) is 13.4. The van der Waals surface area contributed by atoms with Crippen LogP contribution in [0.1, 0.15) is 31.1 Å². The van der Waals surface area contributed by atoms with E-state index in [1.54, 1.807) is 20.8 Å². The smallest absolute Gasteiger partial charge is 0.300 e. The zero-order chi connectivity index (χ0) is 13.2. The fourth-order valence-corrected chi connectivity index (χ4v) is 1.54. The molecule has 0 saturated heterocycles. The Hall–Kier alpha value is -1.62. The summed E-state index contributed by atoms with van der Waals surface area (Å²) in [5.41, 5.74) is -0.860. The monoisotopic (exact) mass is 256 g/mol. The topological polar surface area (TPSA) is 72.2 Å². The minimum absolute atomic E-state index is 0.0302. The SMILES string of the molecule is CC(C)(C)NC(=O)c1cccc(Cl)c1[N+](=O)[O-]. The van der Waals surface area contributed by atoms with Crippen molar-refractivity contribution in [3.63, 3.8) is 0 Å². The van der Waals surface area contributed by atoms with E-state index < -0.39 is 16.4 Å². The van der Waals surface area contributed by atoms with Gasteiger partial charge in [-0.2, -0.15) is 0 Å². The summed E-state index contributed by atoms with van der Waals surface area (Å²) in [6, 6.07) is 4.27. The fourth-order valence-electron chi connectivity index (χ4n) is 1.29. The predicted molar refractivity (Wildman–Crippen MR) is 65.3 cm³/mol. The second-order valence-corrected chi connectivity index (χ2v) is 5.00. The van der Waals surface area contributed by atoms with Crippen molar-refractivity contribution in [2.75, 3.05) is 0 Å². The van der Waals surface area contributed by atoms with Crippen LogP contribution in [-0.4, -0.2) is 16.4 Å². The summed E-state index contributed by atoms with van der Waals surface area (Å²) in [7, 11) is 0. The lowest BCUT2D eigenvalue weighted by molar-refractivity contribution is -0.385. The average molecular weight is 257 g/mol. The second-order valence-electron chi connectivity index (χ2n) is 4.60. The van der Waals surface area contributed by atoms with Gasteiger partial charge in [0, 0.05) is 5.54 Å². The fraction of sp³-hybridized carbons (Fsp3) is 0.364. The van der Waals surface area contributed by atoms with E-state index in [2.05, 4.69) is 5.32 Å². The molecule has 1 N–H and O–H groups in total. The summed E-state index contributed by atoms with van der Waals surface area (Å²) >= 11 is 5.72. The molecule has 0 saturated carbocycles. The van der Waals surface area contributed by atoms with Crippen LogP contribution in [-0.2, 0) is 0 Å². The molecule has 0 atom stereocenters. The Morgan fingerprint density at radius 2 is 2.00 bits per heavy atom. The molecule has 6 heteroatoms. The van der Waals surface area contributed by atoms with Gasteiger partial charge in [-0.3, -0.25) is 14.9 Å². The van der Waals surface area contributed by atoms with E-state index in [0.29, 0.717) is 0 Å². The summed E-state index contributed by atoms with van der Waals surface area (Å²) in [4.78, 5) is 22.1. The third kappa shape index (κ3) is 3.42. The van der Waals surface area contributed by atoms with Crippen LogP contribution in [0.3, 0.4) is 0 Å². The second kappa shape index (κ2) is 4.71. The van der Waals surface area contributed by atoms with Crippen LogP contribution in [0.4, 0.5) is 5.69 Å². The summed E-state index contributed by atoms with van der Waals surface area (Å²) in [6.07, 6.45) is 0. The van der Waals surface area contributed by atoms with Gasteiger partial charge in [-0.15, -0.1) is 0 Å². The molecule has 0 heterocycles. The molecule has 0 aliphatic carbocycles. The molecular weight excluding hydrogens is 244 g/mol. The summed E-state index contributed by atoms with van der Waals surface area (Å²) in [5, 5.41) is 13.5. The van der Waals surface area contributed by atoms with E-state index in [9.17, 15) is 14.9 Å². The van der Waals surface area contributed by atoms with Crippen LogP contribution in [0.5, 0.6) is 0 Å². The molecule has 0 aromatic heterocycles. The highest BCUT2D eigenvalue weighted by atomic mass is 35.5. The zero-order valence-electron chi connectivity index (χ0n) is 9.78. The highest BCUT2D eigenvalue weighted by Crippen LogP contribution is 2.28. The maximum absolute atomic E-state index is 11.9. The number of nitrogens with one attached hydrogen (secondary N) is 1. The van der Waals surface area contributed by atoms with Crippen LogP contribution in [0.25, 0.3) is 0 Å². The Kier molecular flexibility index (Phi) is 3.72. The number of nitrogens with zero attached hydrogens (tertiary/aromatic N) is 1. The van der Waals surface area contributed by atoms with Crippen molar-refractivity contribution in [2.24, 2.45) is 0 Å². The molecule has 92 valence electrons. The Morgan fingerprint density at radius 1 is 1.41 bits per heavy atom. The molecule has 1 rings (SSSR count). The lowest BCUT2D eigenvalue weighted by Crippen LogP contribution is -2.40. The Labute approximate surface area is 104 Å². The number of nitro groups is 1. The zero-order valence-corrected chi connectivity index (χ0v) is 10.5. The summed E-state index contributed by atoms with van der Waals surface area (Å²) < 4.78 is 0. The first-order valence-corrected chi connectivity index (χ1v) is 5.35. The lowest BCUT2D eigenvalue weighted by Gasteiger charge is -2.20. The Morgan fingerprint density at radius 3 is 2.47 bits per heavy atom. The highest BCUT2D eigenvalue weighted by Gasteiger charge is 2.25. The van der Waals surface area contributed by atoms with Crippen molar-refractivity contribution >= 4 is 23.2 Å². The molecule has 1 amide bonds. The quantitative estimate of drug-likeness (QED) is 0.653. The van der Waals surface area contributed by atoms with Crippen molar-refractivity contribution in [3.8, 4) is 0 Å². The number of nitro benzene ring substituents is 1. The molecule has 1 aromatic rings. The van der Waals surface area contributed by atoms with E-state index in [0.717, 1.165) is 0 Å². The standard InChI is InChI=1S/C11H13ClN2O3/c1-11(2,3)13-10(15)7-5-4-6-8(12)9(7)14(16)17/h4-6H,1-3H3,(H,13,15). The summed E-state index contributed by atoms with van der Waals surface area (Å²) in [5.74, 6) is -0.508. The van der Waals surface area contributed by atoms with E-state index in [1.165, 1.54) is 18.2 Å². The maximum Gasteiger partial charge on any atom is 0.300 e. The van der Waals surface area contributed by atoms with Gasteiger partial charge in [-0.1, -0.05) is 17.7 Å². The van der Waals surface area contributed by atoms with Gasteiger partial charge < -0.3 is 5.32 Å². The third-order valence-corrected chi connectivity index (χ3v) is 2.21. The largest absolute Gasteiger partial charge is 0.347 e. The van der Waals surface area contributed by atoms with Crippen molar-refractivity contribution in [1.82, 2.24) is 5.32 Å². The molecule has 0 radical (unpaired) electrons. The number of carbonyl (C=O) groups is 1. The van der Waals surface area contributed by atoms with Gasteiger partial charge in [0.2, 0.25) is 0 Å². The minimum atomic E-state index is -0.653. The molecule has 0 unspecified atom stereocenters. The average Bonchev–Trinajstić information content (AvgIpc) is 2.13. The van der Waals surface area contributed by atoms with Crippen LogP contribution in [0.15, 0.2) is 18.2 Å². The number of hydrogen-bond acceptors (Lipinski definition) is 3. The minimum Gasteiger partial charge on any atom is -0.347 e. The van der Waals surface area contributed by atoms with E-state index in [4.69, 9.17) is 11.6 Å². The summed E-state index contributed by atoms with van der Waals surface area (Å²) in [6.45, 7) is 5.38. The molecular formula is C11H13ClN2O3. The number of carbonyl (C=O) groups excluding carboxylic acids is 1. The van der Waals surface area contributed by atoms with Gasteiger partial charge in [-0.25, -0.2) is 0 Å². The molecule has 1 aromatic carbocycles. The van der Waals surface area contributed by atoms with Crippen LogP contribution in [0.2, 0.25) is 5.02 Å². The van der Waals surface area contributed by atoms with Crippen LogP contribution < -0.4 is 5.32 Å². The Balaban J connectivity index is 3.19. The molecule has 0 aliphatic rings. The van der Waals surface area contributed by atoms with Gasteiger partial charge in [-0.05, 0) is 32.9 Å². The van der Waals surface area contributed by atoms with Gasteiger partial charge >= 0.3 is 5.69 Å².